The van der Waals surface area contributed by atoms with Crippen LogP contribution in [0.5, 0.6) is 5.75 Å². The van der Waals surface area contributed by atoms with Crippen LogP contribution in [-0.4, -0.2) is 35.9 Å². The van der Waals surface area contributed by atoms with Crippen molar-refractivity contribution in [2.24, 2.45) is 0 Å². The van der Waals surface area contributed by atoms with Gasteiger partial charge in [-0.1, -0.05) is 31.9 Å². The molecule has 0 heterocycles. The van der Waals surface area contributed by atoms with Crippen molar-refractivity contribution in [3.8, 4) is 5.75 Å². The lowest BCUT2D eigenvalue weighted by molar-refractivity contribution is -0.140. The van der Waals surface area contributed by atoms with Gasteiger partial charge in [0.2, 0.25) is 11.8 Å². The Kier molecular flexibility index (Phi) is 6.64. The molecule has 132 valence electrons. The minimum absolute atomic E-state index is 0.0214. The molecule has 1 fully saturated rings. The molecule has 1 aromatic rings. The summed E-state index contributed by atoms with van der Waals surface area (Å²) in [4.78, 5) is 26.6. The van der Waals surface area contributed by atoms with E-state index in [1.807, 2.05) is 31.2 Å². The lowest BCUT2D eigenvalue weighted by Gasteiger charge is -2.29. The number of amides is 2. The number of nitrogens with zero attached hydrogens (tertiary/aromatic N) is 1. The van der Waals surface area contributed by atoms with Gasteiger partial charge in [-0.3, -0.25) is 9.59 Å². The van der Waals surface area contributed by atoms with Crippen LogP contribution in [0.15, 0.2) is 24.3 Å². The Morgan fingerprint density at radius 1 is 1.33 bits per heavy atom. The number of ether oxygens (including phenoxy) is 1. The monoisotopic (exact) mass is 332 g/mol. The highest BCUT2D eigenvalue weighted by Crippen LogP contribution is 2.19. The molecule has 0 spiro atoms. The molecule has 1 saturated carbocycles. The molecule has 24 heavy (non-hydrogen) atoms. The van der Waals surface area contributed by atoms with Gasteiger partial charge in [0.25, 0.3) is 0 Å². The third kappa shape index (κ3) is 4.73. The number of methoxy groups -OCH3 is 1. The molecule has 1 aliphatic rings. The van der Waals surface area contributed by atoms with Gasteiger partial charge in [0.05, 0.1) is 7.11 Å². The number of carbonyl (C=O) groups excluding carboxylic acids is 2. The van der Waals surface area contributed by atoms with Crippen molar-refractivity contribution in [2.75, 3.05) is 7.11 Å². The van der Waals surface area contributed by atoms with E-state index in [9.17, 15) is 9.59 Å². The second kappa shape index (κ2) is 8.71. The molecular formula is C19H28N2O3. The van der Waals surface area contributed by atoms with Crippen LogP contribution in [0, 0.1) is 0 Å². The summed E-state index contributed by atoms with van der Waals surface area (Å²) >= 11 is 0. The van der Waals surface area contributed by atoms with E-state index < -0.39 is 6.04 Å². The Hall–Kier alpha value is -2.04. The Bertz CT molecular complexity index is 567. The molecule has 0 unspecified atom stereocenters. The molecule has 0 bridgehead atoms. The molecule has 0 radical (unpaired) electrons. The van der Waals surface area contributed by atoms with Crippen LogP contribution in [0.25, 0.3) is 0 Å². The zero-order valence-electron chi connectivity index (χ0n) is 14.9. The van der Waals surface area contributed by atoms with E-state index >= 15 is 0 Å². The van der Waals surface area contributed by atoms with Crippen LogP contribution >= 0.6 is 0 Å². The number of hydrogen-bond donors (Lipinski definition) is 1. The van der Waals surface area contributed by atoms with E-state index in [0.29, 0.717) is 13.0 Å². The van der Waals surface area contributed by atoms with E-state index in [0.717, 1.165) is 24.2 Å². The molecule has 2 rings (SSSR count). The topological polar surface area (TPSA) is 58.6 Å². The van der Waals surface area contributed by atoms with Crippen molar-refractivity contribution in [1.82, 2.24) is 10.2 Å². The normalized spacial score (nSPS) is 15.8. The van der Waals surface area contributed by atoms with Crippen molar-refractivity contribution in [2.45, 2.75) is 64.6 Å². The van der Waals surface area contributed by atoms with Crippen molar-refractivity contribution >= 4 is 11.8 Å². The second-order valence-corrected chi connectivity index (χ2v) is 6.39. The highest BCUT2D eigenvalue weighted by Gasteiger charge is 2.27. The molecule has 1 aliphatic carbocycles. The van der Waals surface area contributed by atoms with Gasteiger partial charge < -0.3 is 15.0 Å². The molecule has 5 nitrogen and oxygen atoms in total. The van der Waals surface area contributed by atoms with Gasteiger partial charge in [-0.05, 0) is 37.5 Å². The number of rotatable bonds is 7. The first kappa shape index (κ1) is 18.3. The van der Waals surface area contributed by atoms with Crippen molar-refractivity contribution < 1.29 is 14.3 Å². The van der Waals surface area contributed by atoms with Crippen LogP contribution in [-0.2, 0) is 16.1 Å². The van der Waals surface area contributed by atoms with Crippen molar-refractivity contribution in [3.63, 3.8) is 0 Å². The van der Waals surface area contributed by atoms with Gasteiger partial charge in [0, 0.05) is 19.0 Å². The Balaban J connectivity index is 2.08. The number of carbonyl (C=O) groups is 2. The Morgan fingerprint density at radius 2 is 2.04 bits per heavy atom. The molecule has 0 saturated heterocycles. The van der Waals surface area contributed by atoms with Crippen LogP contribution < -0.4 is 10.1 Å². The molecule has 1 aromatic carbocycles. The molecule has 2 amide bonds. The zero-order valence-corrected chi connectivity index (χ0v) is 14.9. The SMILES string of the molecule is CCC(=O)N(Cc1cccc(OC)c1)[C@H](C)C(=O)NC1CCCC1. The number of hydrogen-bond acceptors (Lipinski definition) is 3. The Labute approximate surface area is 144 Å². The third-order valence-electron chi connectivity index (χ3n) is 4.66. The predicted molar refractivity (Wildman–Crippen MR) is 93.7 cm³/mol. The zero-order chi connectivity index (χ0) is 17.5. The molecule has 1 atom stereocenters. The molecular weight excluding hydrogens is 304 g/mol. The summed E-state index contributed by atoms with van der Waals surface area (Å²) in [7, 11) is 1.62. The predicted octanol–water partition coefficient (Wildman–Crippen LogP) is 2.88. The first-order chi connectivity index (χ1) is 11.5. The Morgan fingerprint density at radius 3 is 2.67 bits per heavy atom. The maximum absolute atomic E-state index is 12.5. The number of nitrogens with one attached hydrogen (secondary N) is 1. The smallest absolute Gasteiger partial charge is 0.242 e. The van der Waals surface area contributed by atoms with E-state index in [-0.39, 0.29) is 17.9 Å². The lowest BCUT2D eigenvalue weighted by Crippen LogP contribution is -2.49. The quantitative estimate of drug-likeness (QED) is 0.835. The summed E-state index contributed by atoms with van der Waals surface area (Å²) < 4.78 is 5.24. The van der Waals surface area contributed by atoms with Crippen molar-refractivity contribution in [3.05, 3.63) is 29.8 Å². The third-order valence-corrected chi connectivity index (χ3v) is 4.66. The van der Waals surface area contributed by atoms with Gasteiger partial charge in [-0.2, -0.15) is 0 Å². The minimum atomic E-state index is -0.482. The first-order valence-electron chi connectivity index (χ1n) is 8.78. The minimum Gasteiger partial charge on any atom is -0.497 e. The average molecular weight is 332 g/mol. The van der Waals surface area contributed by atoms with E-state index in [1.54, 1.807) is 18.9 Å². The standard InChI is InChI=1S/C19H28N2O3/c1-4-18(22)21(13-15-8-7-11-17(12-15)24-3)14(2)19(23)20-16-9-5-6-10-16/h7-8,11-12,14,16H,4-6,9-10,13H2,1-3H3,(H,20,23)/t14-/m1/s1. The molecule has 5 heteroatoms. The highest BCUT2D eigenvalue weighted by atomic mass is 16.5. The van der Waals surface area contributed by atoms with E-state index in [2.05, 4.69) is 5.32 Å². The van der Waals surface area contributed by atoms with Crippen molar-refractivity contribution in [1.29, 1.82) is 0 Å². The number of benzene rings is 1. The van der Waals surface area contributed by atoms with Crippen LogP contribution in [0.2, 0.25) is 0 Å². The fourth-order valence-corrected chi connectivity index (χ4v) is 3.15. The van der Waals surface area contributed by atoms with E-state index in [4.69, 9.17) is 4.74 Å². The highest BCUT2D eigenvalue weighted by molar-refractivity contribution is 5.87. The summed E-state index contributed by atoms with van der Waals surface area (Å²) in [5.74, 6) is 0.665. The maximum Gasteiger partial charge on any atom is 0.242 e. The van der Waals surface area contributed by atoms with Gasteiger partial charge in [-0.15, -0.1) is 0 Å². The fraction of sp³-hybridized carbons (Fsp3) is 0.579. The summed E-state index contributed by atoms with van der Waals surface area (Å²) in [6.07, 6.45) is 4.79. The molecule has 0 aromatic heterocycles. The largest absolute Gasteiger partial charge is 0.497 e. The fourth-order valence-electron chi connectivity index (χ4n) is 3.15. The summed E-state index contributed by atoms with van der Waals surface area (Å²) in [6, 6.07) is 7.38. The summed E-state index contributed by atoms with van der Waals surface area (Å²) in [6.45, 7) is 4.03. The van der Waals surface area contributed by atoms with Crippen LogP contribution in [0.4, 0.5) is 0 Å². The lowest BCUT2D eigenvalue weighted by atomic mass is 10.1. The van der Waals surface area contributed by atoms with Gasteiger partial charge in [0.15, 0.2) is 0 Å². The van der Waals surface area contributed by atoms with Gasteiger partial charge >= 0.3 is 0 Å². The van der Waals surface area contributed by atoms with Crippen LogP contribution in [0.1, 0.15) is 51.5 Å². The second-order valence-electron chi connectivity index (χ2n) is 6.39. The van der Waals surface area contributed by atoms with E-state index in [1.165, 1.54) is 12.8 Å². The van der Waals surface area contributed by atoms with Crippen LogP contribution in [0.3, 0.4) is 0 Å². The maximum atomic E-state index is 12.5. The average Bonchev–Trinajstić information content (AvgIpc) is 3.11. The first-order valence-corrected chi connectivity index (χ1v) is 8.78. The molecule has 0 aliphatic heterocycles. The van der Waals surface area contributed by atoms with Gasteiger partial charge in [0.1, 0.15) is 11.8 Å². The molecule has 1 N–H and O–H groups in total. The summed E-state index contributed by atoms with van der Waals surface area (Å²) in [5.41, 5.74) is 0.955. The summed E-state index contributed by atoms with van der Waals surface area (Å²) in [5, 5.41) is 3.09. The van der Waals surface area contributed by atoms with Gasteiger partial charge in [-0.25, -0.2) is 0 Å².